The maximum atomic E-state index is 13.1. The number of alkyl halides is 3. The van der Waals surface area contributed by atoms with E-state index in [1.807, 2.05) is 0 Å². The summed E-state index contributed by atoms with van der Waals surface area (Å²) in [5, 5.41) is 16.8. The zero-order valence-electron chi connectivity index (χ0n) is 18.8. The molecule has 0 spiro atoms. The fourth-order valence-corrected chi connectivity index (χ4v) is 4.92. The molecule has 4 rings (SSSR count). The van der Waals surface area contributed by atoms with Crippen LogP contribution in [0.15, 0.2) is 42.5 Å². The zero-order chi connectivity index (χ0) is 25.2. The Hall–Kier alpha value is -2.78. The van der Waals surface area contributed by atoms with Gasteiger partial charge in [0.1, 0.15) is 5.75 Å². The molecule has 2 aromatic carbocycles. The van der Waals surface area contributed by atoms with Gasteiger partial charge in [-0.1, -0.05) is 24.4 Å². The molecule has 1 heterocycles. The molecule has 2 atom stereocenters. The summed E-state index contributed by atoms with van der Waals surface area (Å²) in [5.41, 5.74) is -0.671. The smallest absolute Gasteiger partial charge is 0.416 e. The molecule has 0 radical (unpaired) electrons. The molecule has 6 nitrogen and oxygen atoms in total. The number of nitrogens with one attached hydrogen (secondary N) is 2. The maximum Gasteiger partial charge on any atom is 0.416 e. The van der Waals surface area contributed by atoms with Crippen molar-refractivity contribution in [2.75, 3.05) is 6.54 Å². The van der Waals surface area contributed by atoms with Crippen molar-refractivity contribution in [2.24, 2.45) is 0 Å². The first-order chi connectivity index (χ1) is 16.6. The van der Waals surface area contributed by atoms with E-state index in [0.717, 1.165) is 49.9 Å². The number of hydrogen-bond acceptors (Lipinski definition) is 4. The van der Waals surface area contributed by atoms with E-state index in [9.17, 15) is 27.9 Å². The average molecular weight is 511 g/mol. The van der Waals surface area contributed by atoms with E-state index in [1.165, 1.54) is 0 Å². The Morgan fingerprint density at radius 2 is 1.80 bits per heavy atom. The Balaban J connectivity index is 1.34. The number of aliphatic hydroxyl groups excluding tert-OH is 1. The van der Waals surface area contributed by atoms with Crippen molar-refractivity contribution in [3.05, 3.63) is 64.2 Å². The lowest BCUT2D eigenvalue weighted by Gasteiger charge is -2.35. The van der Waals surface area contributed by atoms with Crippen LogP contribution in [-0.4, -0.2) is 35.1 Å². The van der Waals surface area contributed by atoms with Crippen LogP contribution >= 0.6 is 11.6 Å². The molecule has 1 aliphatic carbocycles. The fourth-order valence-electron chi connectivity index (χ4n) is 4.74. The molecule has 1 aliphatic heterocycles. The van der Waals surface area contributed by atoms with Crippen molar-refractivity contribution in [1.82, 2.24) is 10.6 Å². The molecule has 0 aromatic heterocycles. The minimum absolute atomic E-state index is 0.0971. The monoisotopic (exact) mass is 510 g/mol. The second-order valence-electron chi connectivity index (χ2n) is 9.10. The summed E-state index contributed by atoms with van der Waals surface area (Å²) in [7, 11) is 0. The highest BCUT2D eigenvalue weighted by Crippen LogP contribution is 2.38. The normalized spacial score (nSPS) is 21.1. The number of carbonyl (C=O) groups excluding carboxylic acids is 2. The molecular formula is C25H26ClF3N2O4. The van der Waals surface area contributed by atoms with Gasteiger partial charge in [0, 0.05) is 34.7 Å². The molecule has 1 fully saturated rings. The van der Waals surface area contributed by atoms with Gasteiger partial charge in [0.2, 0.25) is 0 Å². The predicted molar refractivity (Wildman–Crippen MR) is 123 cm³/mol. The molecule has 188 valence electrons. The summed E-state index contributed by atoms with van der Waals surface area (Å²) in [6.45, 7) is 0.246. The third kappa shape index (κ3) is 5.90. The molecule has 1 saturated carbocycles. The predicted octanol–water partition coefficient (Wildman–Crippen LogP) is 4.79. The van der Waals surface area contributed by atoms with E-state index in [-0.39, 0.29) is 24.4 Å². The third-order valence-corrected chi connectivity index (χ3v) is 6.88. The van der Waals surface area contributed by atoms with Crippen LogP contribution in [0.3, 0.4) is 0 Å². The van der Waals surface area contributed by atoms with Crippen LogP contribution in [0.25, 0.3) is 0 Å². The van der Waals surface area contributed by atoms with Gasteiger partial charge in [0.05, 0.1) is 11.7 Å². The van der Waals surface area contributed by atoms with E-state index in [2.05, 4.69) is 10.6 Å². The van der Waals surface area contributed by atoms with E-state index >= 15 is 0 Å². The highest BCUT2D eigenvalue weighted by Gasteiger charge is 2.39. The van der Waals surface area contributed by atoms with Gasteiger partial charge in [0.15, 0.2) is 6.10 Å². The molecular weight excluding hydrogens is 485 g/mol. The summed E-state index contributed by atoms with van der Waals surface area (Å²) in [4.78, 5) is 25.5. The van der Waals surface area contributed by atoms with Crippen molar-refractivity contribution >= 4 is 23.4 Å². The molecule has 2 aliphatic rings. The molecule has 2 amide bonds. The molecule has 2 aromatic rings. The summed E-state index contributed by atoms with van der Waals surface area (Å²) in [5.74, 6) is -0.398. The highest BCUT2D eigenvalue weighted by molar-refractivity contribution is 6.30. The van der Waals surface area contributed by atoms with Crippen molar-refractivity contribution in [2.45, 2.75) is 62.4 Å². The summed E-state index contributed by atoms with van der Waals surface area (Å²) >= 11 is 5.99. The first-order valence-electron chi connectivity index (χ1n) is 11.5. The topological polar surface area (TPSA) is 87.7 Å². The summed E-state index contributed by atoms with van der Waals surface area (Å²) in [6.07, 6.45) is -2.34. The zero-order valence-corrected chi connectivity index (χ0v) is 19.6. The molecule has 3 N–H and O–H groups in total. The minimum atomic E-state index is -4.46. The molecule has 10 heteroatoms. The first kappa shape index (κ1) is 25.3. The number of amides is 2. The van der Waals surface area contributed by atoms with Crippen LogP contribution in [0.2, 0.25) is 5.02 Å². The standard InChI is InChI=1S/C25H26ClF3N2O4/c26-17-7-8-20-18(13-17)19(32)14-21(35-20)23(34)31-24(9-1-2-10-24)11-12-30-22(33)15-3-5-16(6-4-15)25(27,28)29/h3-8,13,19,21,32H,1-2,9-12,14H2,(H,30,33)(H,31,34)/t19-,21-/m1/s1. The van der Waals surface area contributed by atoms with Crippen molar-refractivity contribution in [1.29, 1.82) is 0 Å². The van der Waals surface area contributed by atoms with Crippen LogP contribution in [-0.2, 0) is 11.0 Å². The Morgan fingerprint density at radius 1 is 1.11 bits per heavy atom. The number of halogens is 4. The summed E-state index contributed by atoms with van der Waals surface area (Å²) in [6, 6.07) is 8.90. The number of carbonyl (C=O) groups is 2. The minimum Gasteiger partial charge on any atom is -0.480 e. The van der Waals surface area contributed by atoms with Gasteiger partial charge in [0.25, 0.3) is 11.8 Å². The molecule has 35 heavy (non-hydrogen) atoms. The third-order valence-electron chi connectivity index (χ3n) is 6.64. The number of rotatable bonds is 6. The van der Waals surface area contributed by atoms with Gasteiger partial charge in [-0.15, -0.1) is 0 Å². The molecule has 0 saturated heterocycles. The SMILES string of the molecule is O=C(NCCC1(NC(=O)[C@H]2C[C@@H](O)c3cc(Cl)ccc3O2)CCCC1)c1ccc(C(F)(F)F)cc1. The fraction of sp³-hybridized carbons (Fsp3) is 0.440. The van der Waals surface area contributed by atoms with Crippen LogP contribution in [0.4, 0.5) is 13.2 Å². The van der Waals surface area contributed by atoms with Crippen molar-refractivity contribution < 1.29 is 32.6 Å². The molecule has 0 bridgehead atoms. The largest absolute Gasteiger partial charge is 0.480 e. The summed E-state index contributed by atoms with van der Waals surface area (Å²) < 4.78 is 44.0. The Bertz CT molecular complexity index is 1090. The number of ether oxygens (including phenoxy) is 1. The van der Waals surface area contributed by atoms with Gasteiger partial charge in [-0.2, -0.15) is 13.2 Å². The van der Waals surface area contributed by atoms with Crippen molar-refractivity contribution in [3.8, 4) is 5.75 Å². The van der Waals surface area contributed by atoms with Gasteiger partial charge in [-0.3, -0.25) is 9.59 Å². The lowest BCUT2D eigenvalue weighted by atomic mass is 9.91. The van der Waals surface area contributed by atoms with Gasteiger partial charge >= 0.3 is 6.18 Å². The number of aliphatic hydroxyl groups is 1. The Morgan fingerprint density at radius 3 is 2.46 bits per heavy atom. The lowest BCUT2D eigenvalue weighted by Crippen LogP contribution is -2.53. The van der Waals surface area contributed by atoms with Crippen LogP contribution in [0.5, 0.6) is 5.75 Å². The maximum absolute atomic E-state index is 13.1. The number of fused-ring (bicyclic) bond motifs is 1. The quantitative estimate of drug-likeness (QED) is 0.521. The van der Waals surface area contributed by atoms with E-state index in [4.69, 9.17) is 16.3 Å². The van der Waals surface area contributed by atoms with Gasteiger partial charge in [-0.05, 0) is 61.7 Å². The van der Waals surface area contributed by atoms with E-state index in [1.54, 1.807) is 18.2 Å². The second-order valence-corrected chi connectivity index (χ2v) is 9.53. The molecule has 0 unspecified atom stereocenters. The average Bonchev–Trinajstić information content (AvgIpc) is 3.27. The highest BCUT2D eigenvalue weighted by atomic mass is 35.5. The van der Waals surface area contributed by atoms with Gasteiger partial charge in [-0.25, -0.2) is 0 Å². The Labute approximate surface area is 205 Å². The number of hydrogen-bond donors (Lipinski definition) is 3. The van der Waals surface area contributed by atoms with Crippen molar-refractivity contribution in [3.63, 3.8) is 0 Å². The van der Waals surface area contributed by atoms with Crippen LogP contribution in [0, 0.1) is 0 Å². The number of benzene rings is 2. The van der Waals surface area contributed by atoms with Gasteiger partial charge < -0.3 is 20.5 Å². The van der Waals surface area contributed by atoms with Crippen LogP contribution in [0.1, 0.15) is 66.1 Å². The lowest BCUT2D eigenvalue weighted by molar-refractivity contribution is -0.137. The van der Waals surface area contributed by atoms with Crippen LogP contribution < -0.4 is 15.4 Å². The Kier molecular flexibility index (Phi) is 7.28. The van der Waals surface area contributed by atoms with E-state index in [0.29, 0.717) is 22.8 Å². The first-order valence-corrected chi connectivity index (χ1v) is 11.9. The van der Waals surface area contributed by atoms with E-state index < -0.39 is 35.4 Å². The second kappa shape index (κ2) is 10.1.